The van der Waals surface area contributed by atoms with Crippen molar-refractivity contribution in [1.82, 2.24) is 0 Å². The van der Waals surface area contributed by atoms with Gasteiger partial charge in [-0.15, -0.1) is 0 Å². The molecule has 0 fully saturated rings. The molecule has 0 amide bonds. The van der Waals surface area contributed by atoms with Crippen molar-refractivity contribution in [1.29, 1.82) is 0 Å². The molecule has 0 bridgehead atoms. The summed E-state index contributed by atoms with van der Waals surface area (Å²) in [5.41, 5.74) is 0. The van der Waals surface area contributed by atoms with Crippen molar-refractivity contribution in [3.05, 3.63) is 0 Å². The van der Waals surface area contributed by atoms with E-state index >= 15 is 0 Å². The minimum absolute atomic E-state index is 0.0520. The number of rotatable bonds is 4. The fraction of sp³-hybridized carbons (Fsp3) is 1.00. The third-order valence-corrected chi connectivity index (χ3v) is 2.00. The van der Waals surface area contributed by atoms with Gasteiger partial charge in [0.25, 0.3) is 0 Å². The van der Waals surface area contributed by atoms with Crippen LogP contribution < -0.4 is 0 Å². The Labute approximate surface area is 60.1 Å². The van der Waals surface area contributed by atoms with Crippen LogP contribution in [0.25, 0.3) is 0 Å². The second-order valence-corrected chi connectivity index (χ2v) is 4.20. The van der Waals surface area contributed by atoms with Gasteiger partial charge in [0.1, 0.15) is 0 Å². The predicted molar refractivity (Wildman–Crippen MR) is 36.8 cm³/mol. The molecule has 0 saturated heterocycles. The van der Waals surface area contributed by atoms with Crippen molar-refractivity contribution < 1.29 is 24.4 Å². The summed E-state index contributed by atoms with van der Waals surface area (Å²) in [6.45, 7) is 0. The van der Waals surface area contributed by atoms with E-state index < -0.39 is 15.9 Å². The molecule has 0 aromatic rings. The fourth-order valence-corrected chi connectivity index (χ4v) is 1.20. The van der Waals surface area contributed by atoms with Crippen molar-refractivity contribution >= 4 is 15.9 Å². The first-order valence-corrected chi connectivity index (χ1v) is 5.00. The van der Waals surface area contributed by atoms with Gasteiger partial charge in [0.15, 0.2) is 0 Å². The Kier molecular flexibility index (Phi) is 4.10. The molecule has 0 aromatic heterocycles. The lowest BCUT2D eigenvalue weighted by atomic mass is 9.85. The summed E-state index contributed by atoms with van der Waals surface area (Å²) in [6, 6.07) is -0.148. The molecule has 0 atom stereocenters. The zero-order valence-electron chi connectivity index (χ0n) is 5.43. The Hall–Kier alpha value is 0.0818. The van der Waals surface area contributed by atoms with Gasteiger partial charge in [-0.3, -0.25) is 0 Å². The maximum absolute atomic E-state index is 8.42. The van der Waals surface area contributed by atoms with Crippen LogP contribution in [0, 0.1) is 0 Å². The Balaban J connectivity index is 3.21. The van der Waals surface area contributed by atoms with Gasteiger partial charge in [-0.25, -0.2) is 0 Å². The molecule has 0 aliphatic heterocycles. The Bertz CT molecular complexity index is 91.4. The summed E-state index contributed by atoms with van der Waals surface area (Å²) in [6.07, 6.45) is 0.254. The third kappa shape index (κ3) is 8.08. The van der Waals surface area contributed by atoms with Crippen LogP contribution in [0.3, 0.4) is 0 Å². The first kappa shape index (κ1) is 10.1. The third-order valence-electron chi connectivity index (χ3n) is 0.975. The van der Waals surface area contributed by atoms with E-state index in [1.165, 1.54) is 0 Å². The van der Waals surface area contributed by atoms with Gasteiger partial charge in [-0.2, -0.15) is 0 Å². The van der Waals surface area contributed by atoms with Crippen molar-refractivity contribution in [2.75, 3.05) is 0 Å². The molecule has 10 heavy (non-hydrogen) atoms. The van der Waals surface area contributed by atoms with Crippen LogP contribution in [0.15, 0.2) is 0 Å². The summed E-state index contributed by atoms with van der Waals surface area (Å²) >= 11 is 0. The maximum atomic E-state index is 8.42. The SMILES string of the molecule is OB(O)CCC[Si](O)(O)O. The zero-order valence-corrected chi connectivity index (χ0v) is 6.43. The molecule has 0 saturated carbocycles. The van der Waals surface area contributed by atoms with E-state index in [1.807, 2.05) is 0 Å². The van der Waals surface area contributed by atoms with Crippen molar-refractivity contribution in [2.24, 2.45) is 0 Å². The van der Waals surface area contributed by atoms with Crippen LogP contribution in [0.5, 0.6) is 0 Å². The molecule has 0 aliphatic carbocycles. The molecular weight excluding hydrogens is 155 g/mol. The lowest BCUT2D eigenvalue weighted by Gasteiger charge is -2.07. The largest absolute Gasteiger partial charge is 0.492 e. The highest BCUT2D eigenvalue weighted by molar-refractivity contribution is 6.56. The number of hydrogen-bond donors (Lipinski definition) is 5. The minimum Gasteiger partial charge on any atom is -0.427 e. The predicted octanol–water partition coefficient (Wildman–Crippen LogP) is -2.23. The Morgan fingerprint density at radius 1 is 1.10 bits per heavy atom. The fourth-order valence-electron chi connectivity index (χ4n) is 0.522. The number of hydrogen-bond acceptors (Lipinski definition) is 5. The Morgan fingerprint density at radius 2 is 1.60 bits per heavy atom. The smallest absolute Gasteiger partial charge is 0.427 e. The Morgan fingerprint density at radius 3 is 1.90 bits per heavy atom. The first-order valence-electron chi connectivity index (χ1n) is 2.95. The van der Waals surface area contributed by atoms with Crippen LogP contribution >= 0.6 is 0 Å². The van der Waals surface area contributed by atoms with Gasteiger partial charge in [-0.1, -0.05) is 6.42 Å². The van der Waals surface area contributed by atoms with Gasteiger partial charge in [-0.05, 0) is 6.32 Å². The van der Waals surface area contributed by atoms with Crippen LogP contribution in [0.4, 0.5) is 0 Å². The average molecular weight is 166 g/mol. The molecule has 5 N–H and O–H groups in total. The topological polar surface area (TPSA) is 101 Å². The first-order chi connectivity index (χ1) is 4.42. The molecule has 0 radical (unpaired) electrons. The molecule has 7 heteroatoms. The summed E-state index contributed by atoms with van der Waals surface area (Å²) in [5.74, 6) is 0. The van der Waals surface area contributed by atoms with Gasteiger partial charge in [0.05, 0.1) is 0 Å². The molecule has 60 valence electrons. The lowest BCUT2D eigenvalue weighted by molar-refractivity contribution is 0.227. The van der Waals surface area contributed by atoms with Gasteiger partial charge in [0.2, 0.25) is 0 Å². The van der Waals surface area contributed by atoms with E-state index in [0.29, 0.717) is 0 Å². The molecule has 5 nitrogen and oxygen atoms in total. The second-order valence-electron chi connectivity index (χ2n) is 2.15. The van der Waals surface area contributed by atoms with Gasteiger partial charge in [0, 0.05) is 6.04 Å². The molecule has 0 unspecified atom stereocenters. The summed E-state index contributed by atoms with van der Waals surface area (Å²) in [4.78, 5) is 25.3. The summed E-state index contributed by atoms with van der Waals surface area (Å²) in [7, 11) is -5.38. The van der Waals surface area contributed by atoms with E-state index in [0.717, 1.165) is 0 Å². The minimum atomic E-state index is -3.95. The van der Waals surface area contributed by atoms with Crippen LogP contribution in [-0.4, -0.2) is 40.4 Å². The zero-order chi connectivity index (χ0) is 8.20. The molecule has 0 heterocycles. The lowest BCUT2D eigenvalue weighted by Crippen LogP contribution is -2.34. The van der Waals surface area contributed by atoms with Crippen LogP contribution in [0.1, 0.15) is 6.42 Å². The van der Waals surface area contributed by atoms with Crippen molar-refractivity contribution in [3.8, 4) is 0 Å². The van der Waals surface area contributed by atoms with E-state index in [-0.39, 0.29) is 18.8 Å². The van der Waals surface area contributed by atoms with Crippen LogP contribution in [0.2, 0.25) is 12.4 Å². The van der Waals surface area contributed by atoms with E-state index in [2.05, 4.69) is 0 Å². The molecule has 0 aliphatic rings. The molecule has 0 rings (SSSR count). The molecule has 0 aromatic carbocycles. The quantitative estimate of drug-likeness (QED) is 0.304. The highest BCUT2D eigenvalue weighted by atomic mass is 28.4. The normalized spacial score (nSPS) is 11.7. The average Bonchev–Trinajstić information content (AvgIpc) is 1.59. The highest BCUT2D eigenvalue weighted by Gasteiger charge is 2.26. The maximum Gasteiger partial charge on any atom is 0.492 e. The van der Waals surface area contributed by atoms with Crippen molar-refractivity contribution in [3.63, 3.8) is 0 Å². The van der Waals surface area contributed by atoms with E-state index in [1.54, 1.807) is 0 Å². The summed E-state index contributed by atoms with van der Waals surface area (Å²) < 4.78 is 0. The van der Waals surface area contributed by atoms with Gasteiger partial charge < -0.3 is 24.4 Å². The monoisotopic (exact) mass is 166 g/mol. The standard InChI is InChI=1S/C3H11BO5Si/c5-4(6)2-1-3-10(7,8)9/h5-9H,1-3H2. The van der Waals surface area contributed by atoms with E-state index in [4.69, 9.17) is 24.4 Å². The highest BCUT2D eigenvalue weighted by Crippen LogP contribution is 2.05. The van der Waals surface area contributed by atoms with Crippen LogP contribution in [-0.2, 0) is 0 Å². The summed E-state index contributed by atoms with van der Waals surface area (Å²) in [5, 5.41) is 16.6. The van der Waals surface area contributed by atoms with Gasteiger partial charge >= 0.3 is 15.9 Å². The second kappa shape index (κ2) is 4.06. The molecule has 0 spiro atoms. The van der Waals surface area contributed by atoms with E-state index in [9.17, 15) is 0 Å². The van der Waals surface area contributed by atoms with Crippen molar-refractivity contribution in [2.45, 2.75) is 18.8 Å². The molecular formula is C3H11BO5Si.